The molecule has 27 heavy (non-hydrogen) atoms. The highest BCUT2D eigenvalue weighted by Gasteiger charge is 2.39. The minimum Gasteiger partial charge on any atom is -0.316 e. The third-order valence-electron chi connectivity index (χ3n) is 4.73. The fourth-order valence-electron chi connectivity index (χ4n) is 3.43. The zero-order chi connectivity index (χ0) is 19.2. The second kappa shape index (κ2) is 6.56. The molecular formula is C19H15ClF3N3O. The Morgan fingerprint density at radius 1 is 1.11 bits per heavy atom. The van der Waals surface area contributed by atoms with Crippen LogP contribution in [0, 0.1) is 0 Å². The van der Waals surface area contributed by atoms with Gasteiger partial charge in [0, 0.05) is 12.6 Å². The van der Waals surface area contributed by atoms with Crippen LogP contribution in [0.3, 0.4) is 0 Å². The molecule has 1 aromatic carbocycles. The number of amides is 1. The van der Waals surface area contributed by atoms with Crippen molar-refractivity contribution in [2.24, 2.45) is 0 Å². The van der Waals surface area contributed by atoms with Crippen molar-refractivity contribution < 1.29 is 18.0 Å². The van der Waals surface area contributed by atoms with Crippen molar-refractivity contribution in [2.45, 2.75) is 31.1 Å². The molecule has 1 aliphatic heterocycles. The molecule has 3 heterocycles. The lowest BCUT2D eigenvalue weighted by molar-refractivity contribution is -0.143. The van der Waals surface area contributed by atoms with Crippen molar-refractivity contribution in [1.29, 1.82) is 0 Å². The van der Waals surface area contributed by atoms with E-state index in [9.17, 15) is 18.0 Å². The summed E-state index contributed by atoms with van der Waals surface area (Å²) in [7, 11) is 0. The molecule has 0 saturated heterocycles. The number of aryl methyl sites for hydroxylation is 1. The summed E-state index contributed by atoms with van der Waals surface area (Å²) in [6, 6.07) is 12.1. The van der Waals surface area contributed by atoms with Crippen LogP contribution in [0.5, 0.6) is 0 Å². The van der Waals surface area contributed by atoms with E-state index in [2.05, 4.69) is 4.98 Å². The number of halogens is 4. The predicted octanol–water partition coefficient (Wildman–Crippen LogP) is 4.57. The Hall–Kier alpha value is -2.54. The first kappa shape index (κ1) is 17.9. The topological polar surface area (TPSA) is 37.6 Å². The molecule has 0 bridgehead atoms. The van der Waals surface area contributed by atoms with Gasteiger partial charge in [-0.15, -0.1) is 0 Å². The van der Waals surface area contributed by atoms with E-state index in [1.165, 1.54) is 21.6 Å². The van der Waals surface area contributed by atoms with E-state index in [1.807, 2.05) is 12.1 Å². The van der Waals surface area contributed by atoms with E-state index in [-0.39, 0.29) is 30.2 Å². The number of alkyl halides is 4. The average molecular weight is 394 g/mol. The first-order valence-electron chi connectivity index (χ1n) is 8.41. The Morgan fingerprint density at radius 2 is 1.85 bits per heavy atom. The summed E-state index contributed by atoms with van der Waals surface area (Å²) in [5.74, 6) is -0.287. The summed E-state index contributed by atoms with van der Waals surface area (Å²) in [5.41, 5.74) is -0.0884. The Bertz CT molecular complexity index is 1010. The van der Waals surface area contributed by atoms with Crippen LogP contribution in [0.4, 0.5) is 13.2 Å². The summed E-state index contributed by atoms with van der Waals surface area (Å²) in [5, 5.41) is 0. The molecule has 0 aliphatic carbocycles. The summed E-state index contributed by atoms with van der Waals surface area (Å²) in [6.07, 6.45) is -2.42. The standard InChI is InChI=1S/C19H15ClF3N3O/c20-18-13-6-2-1-5-12(13)8-9-16(27)26(18)11-14-17(19(21,22)23)24-15-7-3-4-10-25(14)15/h1-7,10,18H,8-9,11H2. The van der Waals surface area contributed by atoms with Crippen molar-refractivity contribution in [2.75, 3.05) is 0 Å². The van der Waals surface area contributed by atoms with Crippen molar-refractivity contribution in [1.82, 2.24) is 14.3 Å². The highest BCUT2D eigenvalue weighted by Crippen LogP contribution is 2.37. The largest absolute Gasteiger partial charge is 0.435 e. The molecule has 140 valence electrons. The molecule has 1 aliphatic rings. The number of carbonyl (C=O) groups is 1. The summed E-state index contributed by atoms with van der Waals surface area (Å²) >= 11 is 6.54. The second-order valence-electron chi connectivity index (χ2n) is 6.39. The van der Waals surface area contributed by atoms with E-state index in [4.69, 9.17) is 11.6 Å². The van der Waals surface area contributed by atoms with Crippen LogP contribution < -0.4 is 0 Å². The monoisotopic (exact) mass is 393 g/mol. The minimum absolute atomic E-state index is 0.100. The van der Waals surface area contributed by atoms with Crippen molar-refractivity contribution in [3.63, 3.8) is 0 Å². The van der Waals surface area contributed by atoms with E-state index >= 15 is 0 Å². The van der Waals surface area contributed by atoms with Gasteiger partial charge < -0.3 is 9.30 Å². The lowest BCUT2D eigenvalue weighted by Crippen LogP contribution is -2.32. The van der Waals surface area contributed by atoms with Gasteiger partial charge in [-0.25, -0.2) is 4.98 Å². The molecule has 1 amide bonds. The molecule has 0 spiro atoms. The molecule has 1 atom stereocenters. The van der Waals surface area contributed by atoms with Gasteiger partial charge in [0.15, 0.2) is 5.69 Å². The highest BCUT2D eigenvalue weighted by molar-refractivity contribution is 6.21. The molecule has 4 nitrogen and oxygen atoms in total. The van der Waals surface area contributed by atoms with Gasteiger partial charge in [-0.3, -0.25) is 4.79 Å². The first-order chi connectivity index (χ1) is 12.9. The zero-order valence-corrected chi connectivity index (χ0v) is 14.8. The number of carbonyl (C=O) groups excluding carboxylic acids is 1. The molecule has 3 aromatic rings. The van der Waals surface area contributed by atoms with E-state index < -0.39 is 17.4 Å². The van der Waals surface area contributed by atoms with Crippen LogP contribution in [0.15, 0.2) is 48.7 Å². The van der Waals surface area contributed by atoms with Gasteiger partial charge >= 0.3 is 6.18 Å². The normalized spacial score (nSPS) is 17.9. The fraction of sp³-hybridized carbons (Fsp3) is 0.263. The molecule has 0 radical (unpaired) electrons. The number of nitrogens with zero attached hydrogens (tertiary/aromatic N) is 3. The van der Waals surface area contributed by atoms with Crippen LogP contribution >= 0.6 is 11.6 Å². The van der Waals surface area contributed by atoms with Gasteiger partial charge in [0.1, 0.15) is 11.1 Å². The third kappa shape index (κ3) is 3.16. The average Bonchev–Trinajstić information content (AvgIpc) is 2.97. The number of pyridine rings is 1. The third-order valence-corrected chi connectivity index (χ3v) is 5.20. The number of benzene rings is 1. The maximum Gasteiger partial charge on any atom is 0.435 e. The van der Waals surface area contributed by atoms with E-state index in [1.54, 1.807) is 24.3 Å². The number of imidazole rings is 1. The SMILES string of the molecule is O=C1CCc2ccccc2C(Cl)N1Cc1c(C(F)(F)F)nc2ccccn12. The fourth-order valence-corrected chi connectivity index (χ4v) is 3.82. The van der Waals surface area contributed by atoms with Crippen molar-refractivity contribution >= 4 is 23.2 Å². The second-order valence-corrected chi connectivity index (χ2v) is 6.80. The molecular weight excluding hydrogens is 379 g/mol. The molecule has 2 aromatic heterocycles. The van der Waals surface area contributed by atoms with Crippen LogP contribution in [0.25, 0.3) is 5.65 Å². The van der Waals surface area contributed by atoms with Crippen LogP contribution in [-0.4, -0.2) is 20.2 Å². The summed E-state index contributed by atoms with van der Waals surface area (Å²) < 4.78 is 42.0. The van der Waals surface area contributed by atoms with Crippen LogP contribution in [-0.2, 0) is 23.9 Å². The van der Waals surface area contributed by atoms with Gasteiger partial charge in [-0.2, -0.15) is 13.2 Å². The van der Waals surface area contributed by atoms with Crippen LogP contribution in [0.2, 0.25) is 0 Å². The number of aromatic nitrogens is 2. The van der Waals surface area contributed by atoms with Crippen molar-refractivity contribution in [3.8, 4) is 0 Å². The maximum absolute atomic E-state index is 13.5. The molecule has 4 rings (SSSR count). The highest BCUT2D eigenvalue weighted by atomic mass is 35.5. The first-order valence-corrected chi connectivity index (χ1v) is 8.84. The Morgan fingerprint density at radius 3 is 2.63 bits per heavy atom. The molecule has 8 heteroatoms. The van der Waals surface area contributed by atoms with Crippen LogP contribution in [0.1, 0.15) is 34.4 Å². The lowest BCUT2D eigenvalue weighted by atomic mass is 10.0. The Kier molecular flexibility index (Phi) is 4.34. The Balaban J connectivity index is 1.80. The lowest BCUT2D eigenvalue weighted by Gasteiger charge is -2.27. The van der Waals surface area contributed by atoms with Crippen molar-refractivity contribution in [3.05, 3.63) is 71.2 Å². The van der Waals surface area contributed by atoms with Gasteiger partial charge in [-0.05, 0) is 29.7 Å². The minimum atomic E-state index is -4.63. The quantitative estimate of drug-likeness (QED) is 0.472. The number of hydrogen-bond donors (Lipinski definition) is 0. The maximum atomic E-state index is 13.5. The summed E-state index contributed by atoms with van der Waals surface area (Å²) in [4.78, 5) is 17.7. The molecule has 0 saturated carbocycles. The van der Waals surface area contributed by atoms with E-state index in [0.29, 0.717) is 6.42 Å². The van der Waals surface area contributed by atoms with Gasteiger partial charge in [0.25, 0.3) is 0 Å². The summed E-state index contributed by atoms with van der Waals surface area (Å²) in [6.45, 7) is -0.276. The Labute approximate surface area is 158 Å². The molecule has 1 unspecified atom stereocenters. The predicted molar refractivity (Wildman–Crippen MR) is 94.1 cm³/mol. The van der Waals surface area contributed by atoms with E-state index in [0.717, 1.165) is 11.1 Å². The van der Waals surface area contributed by atoms with Gasteiger partial charge in [0.05, 0.1) is 12.2 Å². The van der Waals surface area contributed by atoms with Gasteiger partial charge in [0.2, 0.25) is 5.91 Å². The number of rotatable bonds is 2. The zero-order valence-electron chi connectivity index (χ0n) is 14.1. The molecule has 0 fully saturated rings. The van der Waals surface area contributed by atoms with Gasteiger partial charge in [-0.1, -0.05) is 41.9 Å². The smallest absolute Gasteiger partial charge is 0.316 e. The number of fused-ring (bicyclic) bond motifs is 2. The molecule has 0 N–H and O–H groups in total. The number of hydrogen-bond acceptors (Lipinski definition) is 2.